The summed E-state index contributed by atoms with van der Waals surface area (Å²) in [6.07, 6.45) is 1.32. The molecule has 0 saturated carbocycles. The molecular weight excluding hydrogens is 414 g/mol. The first-order valence-corrected chi connectivity index (χ1v) is 8.50. The van der Waals surface area contributed by atoms with Crippen molar-refractivity contribution < 1.29 is 19.1 Å². The number of amides is 3. The van der Waals surface area contributed by atoms with Crippen LogP contribution in [0.2, 0.25) is 0 Å². The molecule has 138 valence electrons. The number of halogens is 1. The number of ether oxygens (including phenoxy) is 2. The van der Waals surface area contributed by atoms with Gasteiger partial charge in [0.15, 0.2) is 11.5 Å². The Hall–Kier alpha value is -3.31. The van der Waals surface area contributed by atoms with Crippen molar-refractivity contribution in [1.29, 1.82) is 5.26 Å². The van der Waals surface area contributed by atoms with Crippen LogP contribution in [-0.4, -0.2) is 19.0 Å². The lowest BCUT2D eigenvalue weighted by Gasteiger charge is -2.11. The molecule has 0 radical (unpaired) electrons. The van der Waals surface area contributed by atoms with Crippen LogP contribution in [0.25, 0.3) is 6.08 Å². The average Bonchev–Trinajstić information content (AvgIpc) is 2.65. The molecule has 0 aliphatic heterocycles. The Morgan fingerprint density at radius 2 is 1.93 bits per heavy atom. The highest BCUT2D eigenvalue weighted by atomic mass is 79.9. The summed E-state index contributed by atoms with van der Waals surface area (Å²) >= 11 is 3.38. The molecule has 0 saturated heterocycles. The van der Waals surface area contributed by atoms with Crippen LogP contribution in [-0.2, 0) is 11.4 Å². The molecule has 3 N–H and O–H groups in total. The van der Waals surface area contributed by atoms with Gasteiger partial charge in [0.2, 0.25) is 0 Å². The molecule has 2 aromatic rings. The second-order valence-corrected chi connectivity index (χ2v) is 6.23. The minimum atomic E-state index is -1.03. The predicted octanol–water partition coefficient (Wildman–Crippen LogP) is 3.14. The zero-order chi connectivity index (χ0) is 19.8. The molecule has 2 rings (SSSR count). The molecule has 0 aliphatic carbocycles. The van der Waals surface area contributed by atoms with Crippen LogP contribution in [0.5, 0.6) is 11.5 Å². The topological polar surface area (TPSA) is 114 Å². The number of methoxy groups -OCH3 is 1. The molecule has 0 bridgehead atoms. The number of benzene rings is 2. The van der Waals surface area contributed by atoms with Gasteiger partial charge in [-0.05, 0) is 41.5 Å². The summed E-state index contributed by atoms with van der Waals surface area (Å²) in [5, 5.41) is 10.9. The fourth-order valence-corrected chi connectivity index (χ4v) is 2.39. The number of hydrogen-bond acceptors (Lipinski definition) is 5. The number of carbonyl (C=O) groups excluding carboxylic acids is 2. The van der Waals surface area contributed by atoms with E-state index >= 15 is 0 Å². The van der Waals surface area contributed by atoms with Gasteiger partial charge >= 0.3 is 6.03 Å². The molecule has 0 aliphatic rings. The van der Waals surface area contributed by atoms with Gasteiger partial charge in [-0.15, -0.1) is 0 Å². The Morgan fingerprint density at radius 1 is 1.22 bits per heavy atom. The van der Waals surface area contributed by atoms with Crippen molar-refractivity contribution in [1.82, 2.24) is 5.32 Å². The molecule has 0 spiro atoms. The van der Waals surface area contributed by atoms with Crippen molar-refractivity contribution in [3.8, 4) is 17.6 Å². The van der Waals surface area contributed by atoms with Gasteiger partial charge in [0.25, 0.3) is 5.91 Å². The van der Waals surface area contributed by atoms with Gasteiger partial charge in [-0.25, -0.2) is 4.79 Å². The summed E-state index contributed by atoms with van der Waals surface area (Å²) in [6.45, 7) is 0.350. The van der Waals surface area contributed by atoms with Crippen LogP contribution in [0.15, 0.2) is 52.5 Å². The minimum Gasteiger partial charge on any atom is -0.493 e. The highest BCUT2D eigenvalue weighted by molar-refractivity contribution is 9.10. The van der Waals surface area contributed by atoms with Crippen molar-refractivity contribution in [3.05, 3.63) is 63.6 Å². The Morgan fingerprint density at radius 3 is 2.52 bits per heavy atom. The second kappa shape index (κ2) is 9.40. The minimum absolute atomic E-state index is 0.264. The molecule has 3 amide bonds. The van der Waals surface area contributed by atoms with Gasteiger partial charge in [0, 0.05) is 4.47 Å². The molecule has 0 aromatic heterocycles. The molecule has 2 aromatic carbocycles. The van der Waals surface area contributed by atoms with Gasteiger partial charge in [-0.3, -0.25) is 10.1 Å². The first-order valence-electron chi connectivity index (χ1n) is 7.70. The number of urea groups is 1. The van der Waals surface area contributed by atoms with Gasteiger partial charge in [0.1, 0.15) is 18.2 Å². The van der Waals surface area contributed by atoms with Crippen molar-refractivity contribution in [2.24, 2.45) is 5.73 Å². The number of primary amides is 1. The Balaban J connectivity index is 2.18. The van der Waals surface area contributed by atoms with Gasteiger partial charge in [0.05, 0.1) is 7.11 Å². The number of nitrogens with two attached hydrogens (primary N) is 1. The fourth-order valence-electron chi connectivity index (χ4n) is 2.13. The smallest absolute Gasteiger partial charge is 0.319 e. The van der Waals surface area contributed by atoms with Crippen LogP contribution < -0.4 is 20.5 Å². The monoisotopic (exact) mass is 429 g/mol. The van der Waals surface area contributed by atoms with Gasteiger partial charge < -0.3 is 15.2 Å². The quantitative estimate of drug-likeness (QED) is 0.540. The maximum atomic E-state index is 11.7. The zero-order valence-corrected chi connectivity index (χ0v) is 15.9. The van der Waals surface area contributed by atoms with E-state index in [9.17, 15) is 9.59 Å². The van der Waals surface area contributed by atoms with Gasteiger partial charge in [-0.1, -0.05) is 34.1 Å². The van der Waals surface area contributed by atoms with E-state index in [1.807, 2.05) is 29.6 Å². The Bertz CT molecular complexity index is 918. The number of nitrogens with zero attached hydrogens (tertiary/aromatic N) is 1. The third-order valence-electron chi connectivity index (χ3n) is 3.41. The maximum absolute atomic E-state index is 11.7. The lowest BCUT2D eigenvalue weighted by atomic mass is 10.1. The molecule has 0 heterocycles. The van der Waals surface area contributed by atoms with Gasteiger partial charge in [-0.2, -0.15) is 5.26 Å². The van der Waals surface area contributed by atoms with E-state index in [0.717, 1.165) is 10.0 Å². The Kier molecular flexibility index (Phi) is 6.97. The first kappa shape index (κ1) is 20.0. The molecule has 0 atom stereocenters. The van der Waals surface area contributed by atoms with Crippen LogP contribution in [0.1, 0.15) is 11.1 Å². The third-order valence-corrected chi connectivity index (χ3v) is 3.94. The summed E-state index contributed by atoms with van der Waals surface area (Å²) in [5.41, 5.74) is 6.14. The molecular formula is C19H16BrN3O4. The van der Waals surface area contributed by atoms with E-state index in [2.05, 4.69) is 15.9 Å². The number of nitrogens with one attached hydrogen (secondary N) is 1. The average molecular weight is 430 g/mol. The standard InChI is InChI=1S/C19H16BrN3O4/c1-26-17-9-13(8-14(10-21)18(24)23-19(22)25)4-7-16(17)27-11-12-2-5-15(20)6-3-12/h2-9H,11H2,1H3,(H3,22,23,24,25)/b14-8-. The normalized spacial score (nSPS) is 10.6. The maximum Gasteiger partial charge on any atom is 0.319 e. The highest BCUT2D eigenvalue weighted by Crippen LogP contribution is 2.29. The van der Waals surface area contributed by atoms with Crippen LogP contribution >= 0.6 is 15.9 Å². The van der Waals surface area contributed by atoms with Crippen LogP contribution in [0.4, 0.5) is 4.79 Å². The summed E-state index contributed by atoms with van der Waals surface area (Å²) in [4.78, 5) is 22.5. The number of rotatable bonds is 6. The molecule has 27 heavy (non-hydrogen) atoms. The van der Waals surface area contributed by atoms with Crippen LogP contribution in [0.3, 0.4) is 0 Å². The van der Waals surface area contributed by atoms with E-state index < -0.39 is 11.9 Å². The van der Waals surface area contributed by atoms with E-state index in [0.29, 0.717) is 23.7 Å². The number of carbonyl (C=O) groups is 2. The molecule has 7 nitrogen and oxygen atoms in total. The third kappa shape index (κ3) is 5.87. The second-order valence-electron chi connectivity index (χ2n) is 5.31. The number of nitriles is 1. The predicted molar refractivity (Wildman–Crippen MR) is 103 cm³/mol. The summed E-state index contributed by atoms with van der Waals surface area (Å²) in [7, 11) is 1.49. The van der Waals surface area contributed by atoms with E-state index in [4.69, 9.17) is 20.5 Å². The van der Waals surface area contributed by atoms with Crippen molar-refractivity contribution in [3.63, 3.8) is 0 Å². The lowest BCUT2D eigenvalue weighted by Crippen LogP contribution is -2.35. The Labute approximate surface area is 164 Å². The molecule has 8 heteroatoms. The molecule has 0 fully saturated rings. The summed E-state index contributed by atoms with van der Waals surface area (Å²) in [5.74, 6) is 0.0747. The van der Waals surface area contributed by atoms with Crippen molar-refractivity contribution >= 4 is 33.9 Å². The summed E-state index contributed by atoms with van der Waals surface area (Å²) < 4.78 is 12.1. The SMILES string of the molecule is COc1cc(/C=C(/C#N)C(=O)NC(N)=O)ccc1OCc1ccc(Br)cc1. The number of imide groups is 1. The molecule has 0 unspecified atom stereocenters. The largest absolute Gasteiger partial charge is 0.493 e. The fraction of sp³-hybridized carbons (Fsp3) is 0.105. The van der Waals surface area contributed by atoms with Crippen molar-refractivity contribution in [2.75, 3.05) is 7.11 Å². The zero-order valence-electron chi connectivity index (χ0n) is 14.4. The van der Waals surface area contributed by atoms with Crippen LogP contribution in [0, 0.1) is 11.3 Å². The first-order chi connectivity index (χ1) is 12.9. The lowest BCUT2D eigenvalue weighted by molar-refractivity contribution is -0.115. The van der Waals surface area contributed by atoms with E-state index in [1.54, 1.807) is 24.3 Å². The highest BCUT2D eigenvalue weighted by Gasteiger charge is 2.12. The van der Waals surface area contributed by atoms with Crippen molar-refractivity contribution in [2.45, 2.75) is 6.61 Å². The summed E-state index contributed by atoms with van der Waals surface area (Å²) in [6, 6.07) is 13.4. The van der Waals surface area contributed by atoms with E-state index in [-0.39, 0.29) is 5.57 Å². The van der Waals surface area contributed by atoms with E-state index in [1.165, 1.54) is 13.2 Å². The number of hydrogen-bond donors (Lipinski definition) is 2.